The van der Waals surface area contributed by atoms with Crippen LogP contribution >= 0.6 is 11.6 Å². The molecule has 1 amide bonds. The van der Waals surface area contributed by atoms with Gasteiger partial charge in [0.25, 0.3) is 0 Å². The molecule has 0 aliphatic heterocycles. The molecule has 1 rings (SSSR count). The van der Waals surface area contributed by atoms with Crippen LogP contribution in [0.15, 0.2) is 36.9 Å². The molecule has 0 aromatic heterocycles. The largest absolute Gasteiger partial charge is 0.491 e. The molecule has 0 atom stereocenters. The van der Waals surface area contributed by atoms with Crippen LogP contribution in [0.25, 0.3) is 0 Å². The summed E-state index contributed by atoms with van der Waals surface area (Å²) in [4.78, 5) is 13.4. The summed E-state index contributed by atoms with van der Waals surface area (Å²) in [6.45, 7) is 4.49. The Labute approximate surface area is 118 Å². The maximum absolute atomic E-state index is 11.9. The van der Waals surface area contributed by atoms with Crippen LogP contribution in [0.1, 0.15) is 6.42 Å². The third-order valence-electron chi connectivity index (χ3n) is 2.48. The second kappa shape index (κ2) is 8.56. The van der Waals surface area contributed by atoms with Gasteiger partial charge in [-0.25, -0.2) is 0 Å². The lowest BCUT2D eigenvalue weighted by Crippen LogP contribution is -2.34. The minimum absolute atomic E-state index is 0.0645. The van der Waals surface area contributed by atoms with Gasteiger partial charge >= 0.3 is 0 Å². The van der Waals surface area contributed by atoms with Crippen molar-refractivity contribution in [1.82, 2.24) is 4.90 Å². The highest BCUT2D eigenvalue weighted by molar-refractivity contribution is 6.32. The average Bonchev–Trinajstić information content (AvgIpc) is 2.40. The fourth-order valence-corrected chi connectivity index (χ4v) is 1.75. The molecule has 5 heteroatoms. The first-order chi connectivity index (χ1) is 9.19. The van der Waals surface area contributed by atoms with E-state index in [1.165, 1.54) is 4.90 Å². The number of para-hydroxylation sites is 1. The highest BCUT2D eigenvalue weighted by Gasteiger charge is 2.11. The number of rotatable bonds is 8. The molecule has 0 bridgehead atoms. The number of halogens is 1. The van der Waals surface area contributed by atoms with Gasteiger partial charge in [0.15, 0.2) is 0 Å². The fourth-order valence-electron chi connectivity index (χ4n) is 1.56. The van der Waals surface area contributed by atoms with Crippen LogP contribution in [0.5, 0.6) is 5.75 Å². The van der Waals surface area contributed by atoms with E-state index in [4.69, 9.17) is 21.4 Å². The molecule has 0 aliphatic rings. The smallest absolute Gasteiger partial charge is 0.226 e. The van der Waals surface area contributed by atoms with Crippen LogP contribution in [0.2, 0.25) is 5.02 Å². The third-order valence-corrected chi connectivity index (χ3v) is 2.79. The minimum Gasteiger partial charge on any atom is -0.491 e. The number of aliphatic hydroxyl groups excluding tert-OH is 1. The van der Waals surface area contributed by atoms with Crippen molar-refractivity contribution in [1.29, 1.82) is 0 Å². The Bertz CT molecular complexity index is 423. The van der Waals surface area contributed by atoms with Gasteiger partial charge in [-0.05, 0) is 12.1 Å². The Morgan fingerprint density at radius 1 is 1.47 bits per heavy atom. The third kappa shape index (κ3) is 5.32. The summed E-state index contributed by atoms with van der Waals surface area (Å²) in [5.41, 5.74) is 0. The van der Waals surface area contributed by atoms with Crippen LogP contribution in [0.4, 0.5) is 0 Å². The van der Waals surface area contributed by atoms with Crippen LogP contribution in [0.3, 0.4) is 0 Å². The molecule has 0 saturated heterocycles. The number of hydrogen-bond donors (Lipinski definition) is 1. The molecular weight excluding hydrogens is 266 g/mol. The van der Waals surface area contributed by atoms with E-state index >= 15 is 0 Å². The van der Waals surface area contributed by atoms with Gasteiger partial charge in [0.2, 0.25) is 5.91 Å². The Morgan fingerprint density at radius 2 is 2.21 bits per heavy atom. The molecule has 1 N–H and O–H groups in total. The van der Waals surface area contributed by atoms with E-state index in [1.54, 1.807) is 18.2 Å². The molecule has 0 unspecified atom stereocenters. The molecule has 1 aromatic rings. The van der Waals surface area contributed by atoms with Gasteiger partial charge in [0.1, 0.15) is 5.75 Å². The maximum Gasteiger partial charge on any atom is 0.226 e. The SMILES string of the molecule is C=CCN(CCO)C(=O)CCOc1ccccc1Cl. The van der Waals surface area contributed by atoms with E-state index in [0.717, 1.165) is 0 Å². The Hall–Kier alpha value is -1.52. The molecule has 0 radical (unpaired) electrons. The van der Waals surface area contributed by atoms with Gasteiger partial charge in [-0.2, -0.15) is 0 Å². The van der Waals surface area contributed by atoms with Crippen molar-refractivity contribution in [3.05, 3.63) is 41.9 Å². The predicted molar refractivity (Wildman–Crippen MR) is 75.4 cm³/mol. The molecule has 0 heterocycles. The lowest BCUT2D eigenvalue weighted by molar-refractivity contribution is -0.131. The summed E-state index contributed by atoms with van der Waals surface area (Å²) in [7, 11) is 0. The number of ether oxygens (including phenoxy) is 1. The van der Waals surface area contributed by atoms with Gasteiger partial charge in [-0.1, -0.05) is 29.8 Å². The summed E-state index contributed by atoms with van der Waals surface area (Å²) in [5, 5.41) is 9.40. The Balaban J connectivity index is 2.41. The maximum atomic E-state index is 11.9. The number of hydrogen-bond acceptors (Lipinski definition) is 3. The summed E-state index contributed by atoms with van der Waals surface area (Å²) in [6, 6.07) is 7.11. The molecular formula is C14H18ClNO3. The number of carbonyl (C=O) groups excluding carboxylic acids is 1. The molecule has 19 heavy (non-hydrogen) atoms. The van der Waals surface area contributed by atoms with Gasteiger partial charge in [0.05, 0.1) is 24.7 Å². The topological polar surface area (TPSA) is 49.8 Å². The van der Waals surface area contributed by atoms with Gasteiger partial charge in [0, 0.05) is 13.1 Å². The standard InChI is InChI=1S/C14H18ClNO3/c1-2-8-16(9-10-17)14(18)7-11-19-13-6-4-3-5-12(13)15/h2-6,17H,1,7-11H2. The highest BCUT2D eigenvalue weighted by Crippen LogP contribution is 2.23. The normalized spacial score (nSPS) is 10.0. The van der Waals surface area contributed by atoms with Crippen molar-refractivity contribution in [3.63, 3.8) is 0 Å². The predicted octanol–water partition coefficient (Wildman–Crippen LogP) is 2.12. The van der Waals surface area contributed by atoms with Crippen LogP contribution in [-0.4, -0.2) is 42.2 Å². The molecule has 4 nitrogen and oxygen atoms in total. The Kier molecular flexibility index (Phi) is 7.00. The fraction of sp³-hybridized carbons (Fsp3) is 0.357. The second-order valence-electron chi connectivity index (χ2n) is 3.88. The van der Waals surface area contributed by atoms with E-state index in [2.05, 4.69) is 6.58 Å². The molecule has 0 fully saturated rings. The van der Waals surface area contributed by atoms with Crippen LogP contribution < -0.4 is 4.74 Å². The summed E-state index contributed by atoms with van der Waals surface area (Å²) < 4.78 is 5.45. The van der Waals surface area contributed by atoms with Crippen molar-refractivity contribution in [2.24, 2.45) is 0 Å². The van der Waals surface area contributed by atoms with Crippen LogP contribution in [-0.2, 0) is 4.79 Å². The van der Waals surface area contributed by atoms with Crippen LogP contribution in [0, 0.1) is 0 Å². The van der Waals surface area contributed by atoms with E-state index < -0.39 is 0 Å². The average molecular weight is 284 g/mol. The minimum atomic E-state index is -0.0824. The Morgan fingerprint density at radius 3 is 2.84 bits per heavy atom. The number of benzene rings is 1. The summed E-state index contributed by atoms with van der Waals surface area (Å²) in [5.74, 6) is 0.482. The highest BCUT2D eigenvalue weighted by atomic mass is 35.5. The summed E-state index contributed by atoms with van der Waals surface area (Å²) >= 11 is 5.93. The number of aliphatic hydroxyl groups is 1. The van der Waals surface area contributed by atoms with Gasteiger partial charge in [-0.3, -0.25) is 4.79 Å². The van der Waals surface area contributed by atoms with Crippen molar-refractivity contribution >= 4 is 17.5 Å². The monoisotopic (exact) mass is 283 g/mol. The lowest BCUT2D eigenvalue weighted by atomic mass is 10.3. The summed E-state index contributed by atoms with van der Waals surface area (Å²) in [6.07, 6.45) is 1.86. The van der Waals surface area contributed by atoms with E-state index in [9.17, 15) is 4.79 Å². The van der Waals surface area contributed by atoms with E-state index in [1.807, 2.05) is 12.1 Å². The first-order valence-corrected chi connectivity index (χ1v) is 6.43. The first-order valence-electron chi connectivity index (χ1n) is 6.06. The van der Waals surface area contributed by atoms with Crippen molar-refractivity contribution in [2.75, 3.05) is 26.3 Å². The number of amides is 1. The zero-order chi connectivity index (χ0) is 14.1. The zero-order valence-electron chi connectivity index (χ0n) is 10.7. The lowest BCUT2D eigenvalue weighted by Gasteiger charge is -2.20. The van der Waals surface area contributed by atoms with Crippen molar-refractivity contribution < 1.29 is 14.6 Å². The van der Waals surface area contributed by atoms with Gasteiger partial charge < -0.3 is 14.7 Å². The number of carbonyl (C=O) groups is 1. The zero-order valence-corrected chi connectivity index (χ0v) is 11.5. The molecule has 0 aliphatic carbocycles. The van der Waals surface area contributed by atoms with Crippen molar-refractivity contribution in [2.45, 2.75) is 6.42 Å². The molecule has 104 valence electrons. The van der Waals surface area contributed by atoms with E-state index in [-0.39, 0.29) is 25.5 Å². The number of nitrogens with zero attached hydrogens (tertiary/aromatic N) is 1. The van der Waals surface area contributed by atoms with Crippen molar-refractivity contribution in [3.8, 4) is 5.75 Å². The van der Waals surface area contributed by atoms with E-state index in [0.29, 0.717) is 23.9 Å². The molecule has 1 aromatic carbocycles. The first kappa shape index (κ1) is 15.5. The van der Waals surface area contributed by atoms with Gasteiger partial charge in [-0.15, -0.1) is 6.58 Å². The molecule has 0 spiro atoms. The molecule has 0 saturated carbocycles. The quantitative estimate of drug-likeness (QED) is 0.744. The second-order valence-corrected chi connectivity index (χ2v) is 4.29.